The predicted octanol–water partition coefficient (Wildman–Crippen LogP) is 5.45. The van der Waals surface area contributed by atoms with Crippen LogP contribution in [-0.2, 0) is 12.5 Å². The molecule has 0 spiro atoms. The molecule has 0 saturated heterocycles. The van der Waals surface area contributed by atoms with Crippen LogP contribution in [0.2, 0.25) is 17.3 Å². The Bertz CT molecular complexity index is 774. The van der Waals surface area contributed by atoms with E-state index in [4.69, 9.17) is 0 Å². The van der Waals surface area contributed by atoms with E-state index in [9.17, 15) is 0 Å². The van der Waals surface area contributed by atoms with Crippen LogP contribution in [0.1, 0.15) is 57.2 Å². The number of hydrogen-bond donors (Lipinski definition) is 0. The Morgan fingerprint density at radius 2 is 1.60 bits per heavy atom. The number of benzene rings is 1. The van der Waals surface area contributed by atoms with Gasteiger partial charge in [0.15, 0.2) is 0 Å². The molecule has 25 heavy (non-hydrogen) atoms. The molecule has 1 aromatic heterocycles. The van der Waals surface area contributed by atoms with Crippen molar-refractivity contribution in [1.82, 2.24) is 0 Å². The Hall–Kier alpha value is -1.09. The Balaban J connectivity index is 2.72. The first-order chi connectivity index (χ1) is 11.3. The van der Waals surface area contributed by atoms with Crippen molar-refractivity contribution in [3.8, 4) is 11.3 Å². The standard InChI is InChI=1S/C23H36GeN/c1-16(2)18-11-12-19(17(3)13-18)22-14-21(24(7,8)9)20(15-25(22)10)23(4,5)6/h11-16H,1-10H3/q+1. The second kappa shape index (κ2) is 6.91. The van der Waals surface area contributed by atoms with E-state index in [1.165, 1.54) is 27.9 Å². The molecule has 1 nitrogen and oxygen atoms in total. The van der Waals surface area contributed by atoms with Gasteiger partial charge in [-0.05, 0) is 0 Å². The molecule has 0 aliphatic heterocycles. The molecule has 0 atom stereocenters. The van der Waals surface area contributed by atoms with Gasteiger partial charge in [0.2, 0.25) is 0 Å². The van der Waals surface area contributed by atoms with E-state index < -0.39 is 13.3 Å². The Kier molecular flexibility index (Phi) is 5.59. The monoisotopic (exact) mass is 400 g/mol. The fraction of sp³-hybridized carbons (Fsp3) is 0.522. The van der Waals surface area contributed by atoms with E-state index in [-0.39, 0.29) is 5.41 Å². The summed E-state index contributed by atoms with van der Waals surface area (Å²) < 4.78 is 3.96. The SMILES string of the molecule is Cc1cc(C(C)C)ccc1-c1c[c]([Ge]([CH3])([CH3])[CH3])c(C(C)(C)C)c[n+]1C. The first-order valence-electron chi connectivity index (χ1n) is 9.48. The third kappa shape index (κ3) is 4.37. The molecule has 0 aliphatic carbocycles. The number of nitrogens with zero attached hydrogens (tertiary/aromatic N) is 1. The molecule has 0 amide bonds. The van der Waals surface area contributed by atoms with Gasteiger partial charge in [0, 0.05) is 0 Å². The number of aromatic nitrogens is 1. The van der Waals surface area contributed by atoms with Crippen LogP contribution in [0, 0.1) is 6.92 Å². The van der Waals surface area contributed by atoms with Gasteiger partial charge in [-0.1, -0.05) is 0 Å². The molecule has 0 radical (unpaired) electrons. The van der Waals surface area contributed by atoms with Gasteiger partial charge in [-0.25, -0.2) is 0 Å². The molecule has 0 N–H and O–H groups in total. The third-order valence-electron chi connectivity index (χ3n) is 5.08. The normalized spacial score (nSPS) is 12.8. The molecule has 0 unspecified atom stereocenters. The molecule has 1 heterocycles. The van der Waals surface area contributed by atoms with Gasteiger partial charge in [0.05, 0.1) is 0 Å². The molecular weight excluding hydrogens is 363 g/mol. The zero-order valence-corrected chi connectivity index (χ0v) is 20.0. The van der Waals surface area contributed by atoms with Crippen molar-refractivity contribution in [3.63, 3.8) is 0 Å². The molecule has 2 heteroatoms. The van der Waals surface area contributed by atoms with Crippen LogP contribution in [0.15, 0.2) is 30.5 Å². The van der Waals surface area contributed by atoms with Crippen molar-refractivity contribution in [2.45, 2.75) is 70.1 Å². The van der Waals surface area contributed by atoms with Gasteiger partial charge in [0.1, 0.15) is 0 Å². The topological polar surface area (TPSA) is 3.88 Å². The van der Waals surface area contributed by atoms with Crippen molar-refractivity contribution in [2.24, 2.45) is 7.05 Å². The van der Waals surface area contributed by atoms with E-state index in [0.717, 1.165) is 0 Å². The quantitative estimate of drug-likeness (QED) is 0.477. The Labute approximate surface area is 157 Å². The van der Waals surface area contributed by atoms with Crippen LogP contribution in [0.25, 0.3) is 11.3 Å². The fourth-order valence-corrected chi connectivity index (χ4v) is 7.28. The maximum absolute atomic E-state index is 2.50. The molecule has 136 valence electrons. The number of hydrogen-bond acceptors (Lipinski definition) is 0. The number of pyridine rings is 1. The summed E-state index contributed by atoms with van der Waals surface area (Å²) in [5.41, 5.74) is 7.20. The average Bonchev–Trinajstić information content (AvgIpc) is 2.45. The van der Waals surface area contributed by atoms with Gasteiger partial charge in [0.25, 0.3) is 0 Å². The zero-order valence-electron chi connectivity index (χ0n) is 17.9. The first kappa shape index (κ1) is 20.2. The van der Waals surface area contributed by atoms with Crippen LogP contribution in [0.4, 0.5) is 0 Å². The summed E-state index contributed by atoms with van der Waals surface area (Å²) >= 11 is -1.98. The second-order valence-electron chi connectivity index (χ2n) is 9.83. The van der Waals surface area contributed by atoms with Crippen LogP contribution in [0.3, 0.4) is 0 Å². The zero-order chi connectivity index (χ0) is 19.2. The molecule has 0 aliphatic rings. The van der Waals surface area contributed by atoms with Gasteiger partial charge < -0.3 is 0 Å². The summed E-state index contributed by atoms with van der Waals surface area (Å²) in [4.78, 5) is 0. The number of aryl methyl sites for hydroxylation is 2. The number of rotatable bonds is 3. The summed E-state index contributed by atoms with van der Waals surface area (Å²) in [6.45, 7) is 13.8. The van der Waals surface area contributed by atoms with Crippen LogP contribution in [0.5, 0.6) is 0 Å². The van der Waals surface area contributed by atoms with Gasteiger partial charge in [-0.3, -0.25) is 0 Å². The van der Waals surface area contributed by atoms with E-state index >= 15 is 0 Å². The van der Waals surface area contributed by atoms with Crippen LogP contribution < -0.4 is 8.96 Å². The molecular formula is C23H36GeN+. The minimum absolute atomic E-state index is 0.181. The summed E-state index contributed by atoms with van der Waals surface area (Å²) in [7, 11) is 2.19. The van der Waals surface area contributed by atoms with Crippen molar-refractivity contribution in [1.29, 1.82) is 0 Å². The van der Waals surface area contributed by atoms with Gasteiger partial charge in [-0.15, -0.1) is 0 Å². The third-order valence-corrected chi connectivity index (χ3v) is 9.34. The fourth-order valence-electron chi connectivity index (χ4n) is 3.47. The average molecular weight is 399 g/mol. The summed E-state index contributed by atoms with van der Waals surface area (Å²) in [6, 6.07) is 9.47. The molecule has 0 bridgehead atoms. The second-order valence-corrected chi connectivity index (χ2v) is 20.4. The van der Waals surface area contributed by atoms with E-state index in [1.807, 2.05) is 0 Å². The van der Waals surface area contributed by atoms with Gasteiger partial charge >= 0.3 is 158 Å². The molecule has 0 fully saturated rings. The Morgan fingerprint density at radius 3 is 2.04 bits per heavy atom. The summed E-state index contributed by atoms with van der Waals surface area (Å²) in [5, 5.41) is 0. The molecule has 2 rings (SSSR count). The first-order valence-corrected chi connectivity index (χ1v) is 16.8. The van der Waals surface area contributed by atoms with Crippen molar-refractivity contribution >= 4 is 17.7 Å². The van der Waals surface area contributed by atoms with Crippen molar-refractivity contribution < 1.29 is 4.57 Å². The van der Waals surface area contributed by atoms with E-state index in [0.29, 0.717) is 5.92 Å². The maximum atomic E-state index is 2.50. The minimum atomic E-state index is -1.98. The van der Waals surface area contributed by atoms with E-state index in [1.54, 1.807) is 4.40 Å². The van der Waals surface area contributed by atoms with E-state index in [2.05, 4.69) is 101 Å². The predicted molar refractivity (Wildman–Crippen MR) is 114 cm³/mol. The summed E-state index contributed by atoms with van der Waals surface area (Å²) in [6.07, 6.45) is 2.39. The van der Waals surface area contributed by atoms with Crippen LogP contribution >= 0.6 is 0 Å². The summed E-state index contributed by atoms with van der Waals surface area (Å²) in [5.74, 6) is 8.08. The van der Waals surface area contributed by atoms with Crippen molar-refractivity contribution in [3.05, 3.63) is 47.2 Å². The van der Waals surface area contributed by atoms with Gasteiger partial charge in [-0.2, -0.15) is 0 Å². The molecule has 1 aromatic carbocycles. The van der Waals surface area contributed by atoms with Crippen LogP contribution in [-0.4, -0.2) is 13.3 Å². The molecule has 0 saturated carbocycles. The molecule has 2 aromatic rings. The Morgan fingerprint density at radius 1 is 1.00 bits per heavy atom. The van der Waals surface area contributed by atoms with Crippen molar-refractivity contribution in [2.75, 3.05) is 0 Å².